The molecule has 9 nitrogen and oxygen atoms in total. The molecule has 1 atom stereocenters. The second-order valence-corrected chi connectivity index (χ2v) is 7.86. The van der Waals surface area contributed by atoms with E-state index in [-0.39, 0.29) is 18.1 Å². The molecular formula is C24H20N2O7. The van der Waals surface area contributed by atoms with Gasteiger partial charge in [0.05, 0.1) is 4.92 Å². The lowest BCUT2D eigenvalue weighted by atomic mass is 9.91. The zero-order chi connectivity index (χ0) is 23.8. The first-order valence-electron chi connectivity index (χ1n) is 10.1. The van der Waals surface area contributed by atoms with E-state index in [0.717, 1.165) is 34.4 Å². The van der Waals surface area contributed by atoms with E-state index in [0.29, 0.717) is 0 Å². The van der Waals surface area contributed by atoms with Gasteiger partial charge in [0.25, 0.3) is 0 Å². The summed E-state index contributed by atoms with van der Waals surface area (Å²) in [5.41, 5.74) is 6.90. The molecule has 0 bridgehead atoms. The molecule has 3 aromatic carbocycles. The number of carboxylic acids is 1. The number of benzene rings is 3. The van der Waals surface area contributed by atoms with Crippen LogP contribution in [0.2, 0.25) is 0 Å². The zero-order valence-corrected chi connectivity index (χ0v) is 17.3. The number of nitrogens with zero attached hydrogens (tertiary/aromatic N) is 1. The molecule has 0 amide bonds. The van der Waals surface area contributed by atoms with Gasteiger partial charge in [-0.25, -0.2) is 9.59 Å². The maximum absolute atomic E-state index is 12.9. The molecule has 0 fully saturated rings. The van der Waals surface area contributed by atoms with Crippen molar-refractivity contribution in [2.24, 2.45) is 5.73 Å². The Balaban J connectivity index is 1.57. The van der Waals surface area contributed by atoms with E-state index >= 15 is 0 Å². The number of hydrogen-bond donors (Lipinski definition) is 3. The molecule has 0 saturated carbocycles. The molecule has 1 aliphatic carbocycles. The van der Waals surface area contributed by atoms with Crippen molar-refractivity contribution in [1.82, 2.24) is 0 Å². The maximum atomic E-state index is 12.9. The van der Waals surface area contributed by atoms with Gasteiger partial charge in [-0.2, -0.15) is 0 Å². The first kappa shape index (κ1) is 22.0. The van der Waals surface area contributed by atoms with E-state index in [1.54, 1.807) is 0 Å². The van der Waals surface area contributed by atoms with Crippen LogP contribution in [0.3, 0.4) is 0 Å². The smallest absolute Gasteiger partial charge is 0.338 e. The van der Waals surface area contributed by atoms with Crippen molar-refractivity contribution in [1.29, 1.82) is 0 Å². The summed E-state index contributed by atoms with van der Waals surface area (Å²) < 4.78 is 5.41. The van der Waals surface area contributed by atoms with E-state index < -0.39 is 40.3 Å². The number of hydrogen-bond acceptors (Lipinski definition) is 7. The Bertz CT molecular complexity index is 1230. The zero-order valence-electron chi connectivity index (χ0n) is 17.3. The predicted octanol–water partition coefficient (Wildman–Crippen LogP) is 2.98. The highest BCUT2D eigenvalue weighted by atomic mass is 16.6. The fourth-order valence-electron chi connectivity index (χ4n) is 4.11. The fourth-order valence-corrected chi connectivity index (χ4v) is 4.11. The Labute approximate surface area is 188 Å². The second kappa shape index (κ2) is 8.36. The van der Waals surface area contributed by atoms with Crippen LogP contribution in [0.15, 0.2) is 66.7 Å². The number of aromatic hydroxyl groups is 1. The molecule has 0 heterocycles. The van der Waals surface area contributed by atoms with E-state index in [9.17, 15) is 29.9 Å². The molecule has 3 aromatic rings. The van der Waals surface area contributed by atoms with E-state index in [4.69, 9.17) is 10.5 Å². The SMILES string of the molecule is N[C@@](Cc1ccc(O)c([N+](=O)[O-])c1)(C(=O)O)C(=O)OCC1c2ccccc2-c2ccccc21. The first-order chi connectivity index (χ1) is 15.7. The summed E-state index contributed by atoms with van der Waals surface area (Å²) in [7, 11) is 0. The molecule has 168 valence electrons. The number of nitro groups is 1. The number of esters is 1. The Hall–Kier alpha value is -4.24. The van der Waals surface area contributed by atoms with Gasteiger partial charge >= 0.3 is 17.6 Å². The van der Waals surface area contributed by atoms with Gasteiger partial charge in [-0.15, -0.1) is 0 Å². The molecule has 33 heavy (non-hydrogen) atoms. The number of carbonyl (C=O) groups excluding carboxylic acids is 1. The number of carboxylic acid groups (broad SMARTS) is 1. The molecule has 0 saturated heterocycles. The summed E-state index contributed by atoms with van der Waals surface area (Å²) in [6.07, 6.45) is -0.555. The van der Waals surface area contributed by atoms with Gasteiger partial charge in [-0.05, 0) is 33.9 Å². The molecule has 0 radical (unpaired) electrons. The predicted molar refractivity (Wildman–Crippen MR) is 118 cm³/mol. The van der Waals surface area contributed by atoms with Crippen molar-refractivity contribution in [2.45, 2.75) is 17.9 Å². The number of nitro benzene ring substituents is 1. The van der Waals surface area contributed by atoms with E-state index in [2.05, 4.69) is 0 Å². The van der Waals surface area contributed by atoms with Crippen LogP contribution < -0.4 is 5.73 Å². The molecule has 0 aliphatic heterocycles. The van der Waals surface area contributed by atoms with Crippen molar-refractivity contribution in [3.63, 3.8) is 0 Å². The normalized spacial score (nSPS) is 14.1. The van der Waals surface area contributed by atoms with Gasteiger partial charge in [0, 0.05) is 18.4 Å². The van der Waals surface area contributed by atoms with Crippen molar-refractivity contribution < 1.29 is 29.5 Å². The lowest BCUT2D eigenvalue weighted by Gasteiger charge is -2.24. The highest BCUT2D eigenvalue weighted by Crippen LogP contribution is 2.44. The number of ether oxygens (including phenoxy) is 1. The van der Waals surface area contributed by atoms with Crippen LogP contribution in [-0.2, 0) is 20.7 Å². The van der Waals surface area contributed by atoms with Crippen LogP contribution in [0.25, 0.3) is 11.1 Å². The third kappa shape index (κ3) is 3.90. The number of nitrogens with two attached hydrogens (primary N) is 1. The van der Waals surface area contributed by atoms with Crippen LogP contribution in [-0.4, -0.2) is 39.2 Å². The number of phenols is 1. The molecule has 0 aromatic heterocycles. The number of phenolic OH excluding ortho intramolecular Hbond substituents is 1. The minimum atomic E-state index is -2.47. The van der Waals surface area contributed by atoms with E-state index in [1.807, 2.05) is 48.5 Å². The highest BCUT2D eigenvalue weighted by molar-refractivity contribution is 6.04. The van der Waals surface area contributed by atoms with Crippen molar-refractivity contribution in [3.05, 3.63) is 93.5 Å². The minimum absolute atomic E-state index is 0.0953. The largest absolute Gasteiger partial charge is 0.502 e. The monoisotopic (exact) mass is 448 g/mol. The second-order valence-electron chi connectivity index (χ2n) is 7.86. The summed E-state index contributed by atoms with van der Waals surface area (Å²) in [5, 5.41) is 30.4. The quantitative estimate of drug-likeness (QED) is 0.216. The first-order valence-corrected chi connectivity index (χ1v) is 10.1. The average Bonchev–Trinajstić information content (AvgIpc) is 3.12. The Morgan fingerprint density at radius 3 is 2.15 bits per heavy atom. The number of aliphatic carboxylic acids is 1. The lowest BCUT2D eigenvalue weighted by molar-refractivity contribution is -0.385. The van der Waals surface area contributed by atoms with Crippen LogP contribution in [0.1, 0.15) is 22.6 Å². The molecule has 9 heteroatoms. The van der Waals surface area contributed by atoms with Crippen molar-refractivity contribution in [3.8, 4) is 16.9 Å². The minimum Gasteiger partial charge on any atom is -0.502 e. The molecule has 4 N–H and O–H groups in total. The summed E-state index contributed by atoms with van der Waals surface area (Å²) in [4.78, 5) is 35.1. The van der Waals surface area contributed by atoms with Crippen molar-refractivity contribution >= 4 is 17.6 Å². The Morgan fingerprint density at radius 1 is 1.03 bits per heavy atom. The number of carbonyl (C=O) groups is 2. The highest BCUT2D eigenvalue weighted by Gasteiger charge is 2.45. The van der Waals surface area contributed by atoms with Crippen molar-refractivity contribution in [2.75, 3.05) is 6.61 Å². The van der Waals surface area contributed by atoms with Gasteiger partial charge in [0.15, 0.2) is 5.75 Å². The molecule has 1 aliphatic rings. The van der Waals surface area contributed by atoms with Gasteiger partial charge in [0.2, 0.25) is 5.54 Å². The van der Waals surface area contributed by atoms with Crippen LogP contribution in [0.5, 0.6) is 5.75 Å². The molecule has 0 unspecified atom stereocenters. The molecule has 0 spiro atoms. The third-order valence-corrected chi connectivity index (χ3v) is 5.81. The number of fused-ring (bicyclic) bond motifs is 3. The topological polar surface area (TPSA) is 153 Å². The summed E-state index contributed by atoms with van der Waals surface area (Å²) in [6, 6.07) is 18.7. The molecule has 4 rings (SSSR count). The summed E-state index contributed by atoms with van der Waals surface area (Å²) in [6.45, 7) is -0.116. The summed E-state index contributed by atoms with van der Waals surface area (Å²) >= 11 is 0. The van der Waals surface area contributed by atoms with Gasteiger partial charge < -0.3 is 20.7 Å². The third-order valence-electron chi connectivity index (χ3n) is 5.81. The maximum Gasteiger partial charge on any atom is 0.338 e. The van der Waals surface area contributed by atoms with Gasteiger partial charge in [0.1, 0.15) is 6.61 Å². The summed E-state index contributed by atoms with van der Waals surface area (Å²) in [5.74, 6) is -3.65. The lowest BCUT2D eigenvalue weighted by Crippen LogP contribution is -2.57. The van der Waals surface area contributed by atoms with Gasteiger partial charge in [-0.3, -0.25) is 10.1 Å². The number of rotatable bonds is 7. The molecular weight excluding hydrogens is 428 g/mol. The van der Waals surface area contributed by atoms with Crippen LogP contribution >= 0.6 is 0 Å². The average molecular weight is 448 g/mol. The Kier molecular flexibility index (Phi) is 5.57. The standard InChI is InChI=1S/C24H20N2O7/c25-24(22(28)29,12-14-9-10-21(27)20(11-14)26(31)32)23(30)33-13-19-17-7-3-1-5-15(17)16-6-2-4-8-18(16)19/h1-11,19,27H,12-13,25H2,(H,28,29)/t24-/m0/s1. The van der Waals surface area contributed by atoms with Crippen LogP contribution in [0.4, 0.5) is 5.69 Å². The van der Waals surface area contributed by atoms with Gasteiger partial charge in [-0.1, -0.05) is 54.6 Å². The fraction of sp³-hybridized carbons (Fsp3) is 0.167. The van der Waals surface area contributed by atoms with Crippen LogP contribution in [0, 0.1) is 10.1 Å². The Morgan fingerprint density at radius 2 is 1.61 bits per heavy atom. The van der Waals surface area contributed by atoms with E-state index in [1.165, 1.54) is 6.07 Å².